The molecule has 0 aliphatic carbocycles. The van der Waals surface area contributed by atoms with Crippen LogP contribution in [-0.4, -0.2) is 24.7 Å². The van der Waals surface area contributed by atoms with E-state index in [9.17, 15) is 4.79 Å². The first kappa shape index (κ1) is 15.3. The highest BCUT2D eigenvalue weighted by Gasteiger charge is 2.11. The number of hydrogen-bond acceptors (Lipinski definition) is 3. The summed E-state index contributed by atoms with van der Waals surface area (Å²) in [4.78, 5) is 13.0. The zero-order chi connectivity index (χ0) is 13.4. The molecule has 0 radical (unpaired) electrons. The van der Waals surface area contributed by atoms with Crippen LogP contribution in [0.5, 0.6) is 0 Å². The number of hydrogen-bond donors (Lipinski definition) is 2. The Kier molecular flexibility index (Phi) is 7.16. The predicted octanol–water partition coefficient (Wildman–Crippen LogP) is 2.92. The SMILES string of the molecule is CCSc1ccc(Cl)cc1C(=O)NCCCCN. The van der Waals surface area contributed by atoms with E-state index in [2.05, 4.69) is 12.2 Å². The molecule has 0 fully saturated rings. The second-order valence-electron chi connectivity index (χ2n) is 3.83. The Hall–Kier alpha value is -0.710. The van der Waals surface area contributed by atoms with Crippen molar-refractivity contribution in [3.63, 3.8) is 0 Å². The lowest BCUT2D eigenvalue weighted by atomic mass is 10.2. The van der Waals surface area contributed by atoms with Gasteiger partial charge in [0.25, 0.3) is 5.91 Å². The second kappa shape index (κ2) is 8.40. The topological polar surface area (TPSA) is 55.1 Å². The fourth-order valence-electron chi connectivity index (χ4n) is 1.53. The van der Waals surface area contributed by atoms with E-state index in [0.29, 0.717) is 23.7 Å². The van der Waals surface area contributed by atoms with Crippen LogP contribution in [0.2, 0.25) is 5.02 Å². The van der Waals surface area contributed by atoms with Crippen LogP contribution in [0.25, 0.3) is 0 Å². The van der Waals surface area contributed by atoms with Gasteiger partial charge in [0.05, 0.1) is 5.56 Å². The molecule has 0 atom stereocenters. The molecule has 0 spiro atoms. The third-order valence-electron chi connectivity index (χ3n) is 2.40. The molecule has 3 nitrogen and oxygen atoms in total. The zero-order valence-electron chi connectivity index (χ0n) is 10.5. The Morgan fingerprint density at radius 3 is 2.89 bits per heavy atom. The highest BCUT2D eigenvalue weighted by molar-refractivity contribution is 7.99. The summed E-state index contributed by atoms with van der Waals surface area (Å²) in [5.41, 5.74) is 6.06. The van der Waals surface area contributed by atoms with Crippen LogP contribution in [0.1, 0.15) is 30.1 Å². The molecule has 0 bridgehead atoms. The van der Waals surface area contributed by atoms with Crippen LogP contribution >= 0.6 is 23.4 Å². The lowest BCUT2D eigenvalue weighted by Crippen LogP contribution is -2.25. The number of carbonyl (C=O) groups excluding carboxylic acids is 1. The van der Waals surface area contributed by atoms with Crippen LogP contribution in [0.15, 0.2) is 23.1 Å². The predicted molar refractivity (Wildman–Crippen MR) is 78.5 cm³/mol. The van der Waals surface area contributed by atoms with Crippen LogP contribution in [-0.2, 0) is 0 Å². The summed E-state index contributed by atoms with van der Waals surface area (Å²) in [5.74, 6) is 0.861. The Morgan fingerprint density at radius 2 is 2.22 bits per heavy atom. The van der Waals surface area contributed by atoms with Gasteiger partial charge >= 0.3 is 0 Å². The largest absolute Gasteiger partial charge is 0.352 e. The van der Waals surface area contributed by atoms with E-state index in [1.165, 1.54) is 0 Å². The Balaban J connectivity index is 2.67. The van der Waals surface area contributed by atoms with Gasteiger partial charge in [-0.05, 0) is 43.3 Å². The van der Waals surface area contributed by atoms with Crippen molar-refractivity contribution in [3.8, 4) is 0 Å². The molecule has 0 saturated heterocycles. The minimum absolute atomic E-state index is 0.0644. The fraction of sp³-hybridized carbons (Fsp3) is 0.462. The highest BCUT2D eigenvalue weighted by Crippen LogP contribution is 2.25. The first-order valence-electron chi connectivity index (χ1n) is 6.09. The monoisotopic (exact) mass is 286 g/mol. The van der Waals surface area contributed by atoms with E-state index < -0.39 is 0 Å². The quantitative estimate of drug-likeness (QED) is 0.598. The van der Waals surface area contributed by atoms with E-state index in [1.54, 1.807) is 17.8 Å². The average Bonchev–Trinajstić information content (AvgIpc) is 2.37. The molecule has 0 heterocycles. The molecule has 5 heteroatoms. The van der Waals surface area contributed by atoms with Crippen molar-refractivity contribution in [1.82, 2.24) is 5.32 Å². The van der Waals surface area contributed by atoms with Crippen molar-refractivity contribution < 1.29 is 4.79 Å². The molecular weight excluding hydrogens is 268 g/mol. The standard InChI is InChI=1S/C13H19ClN2OS/c1-2-18-12-6-5-10(14)9-11(12)13(17)16-8-4-3-7-15/h5-6,9H,2-4,7-8,15H2,1H3,(H,16,17). The highest BCUT2D eigenvalue weighted by atomic mass is 35.5. The summed E-state index contributed by atoms with van der Waals surface area (Å²) in [6.45, 7) is 3.37. The molecule has 1 aromatic carbocycles. The third kappa shape index (κ3) is 4.88. The normalized spacial score (nSPS) is 10.4. The van der Waals surface area contributed by atoms with E-state index in [1.807, 2.05) is 12.1 Å². The summed E-state index contributed by atoms with van der Waals surface area (Å²) >= 11 is 7.58. The Bertz CT molecular complexity index is 399. The van der Waals surface area contributed by atoms with Crippen molar-refractivity contribution in [2.45, 2.75) is 24.7 Å². The summed E-state index contributed by atoms with van der Waals surface area (Å²) in [5, 5.41) is 3.48. The lowest BCUT2D eigenvalue weighted by molar-refractivity contribution is 0.0950. The molecule has 1 rings (SSSR count). The van der Waals surface area contributed by atoms with Crippen LogP contribution in [0.4, 0.5) is 0 Å². The number of thioether (sulfide) groups is 1. The first-order valence-corrected chi connectivity index (χ1v) is 7.46. The third-order valence-corrected chi connectivity index (χ3v) is 3.59. The van der Waals surface area contributed by atoms with Crippen molar-refractivity contribution in [2.24, 2.45) is 5.73 Å². The van der Waals surface area contributed by atoms with Gasteiger partial charge < -0.3 is 11.1 Å². The van der Waals surface area contributed by atoms with E-state index in [4.69, 9.17) is 17.3 Å². The average molecular weight is 287 g/mol. The Morgan fingerprint density at radius 1 is 1.44 bits per heavy atom. The lowest BCUT2D eigenvalue weighted by Gasteiger charge is -2.09. The number of halogens is 1. The molecule has 3 N–H and O–H groups in total. The van der Waals surface area contributed by atoms with Crippen LogP contribution in [0, 0.1) is 0 Å². The molecule has 0 unspecified atom stereocenters. The van der Waals surface area contributed by atoms with Gasteiger partial charge in [0, 0.05) is 16.5 Å². The van der Waals surface area contributed by atoms with Gasteiger partial charge in [0.15, 0.2) is 0 Å². The maximum Gasteiger partial charge on any atom is 0.252 e. The molecule has 100 valence electrons. The molecule has 1 aromatic rings. The van der Waals surface area contributed by atoms with Gasteiger partial charge in [-0.3, -0.25) is 4.79 Å². The molecule has 0 aliphatic rings. The summed E-state index contributed by atoms with van der Waals surface area (Å²) in [6, 6.07) is 5.42. The minimum atomic E-state index is -0.0644. The smallest absolute Gasteiger partial charge is 0.252 e. The van der Waals surface area contributed by atoms with E-state index >= 15 is 0 Å². The summed E-state index contributed by atoms with van der Waals surface area (Å²) in [6.07, 6.45) is 1.82. The van der Waals surface area contributed by atoms with Crippen molar-refractivity contribution in [1.29, 1.82) is 0 Å². The van der Waals surface area contributed by atoms with Crippen LogP contribution < -0.4 is 11.1 Å². The van der Waals surface area contributed by atoms with Crippen LogP contribution in [0.3, 0.4) is 0 Å². The van der Waals surface area contributed by atoms with Gasteiger partial charge in [-0.2, -0.15) is 0 Å². The number of benzene rings is 1. The number of nitrogens with two attached hydrogens (primary N) is 1. The van der Waals surface area contributed by atoms with Crippen molar-refractivity contribution in [3.05, 3.63) is 28.8 Å². The van der Waals surface area contributed by atoms with Gasteiger partial charge in [-0.25, -0.2) is 0 Å². The molecule has 0 saturated carbocycles. The number of unbranched alkanes of at least 4 members (excludes halogenated alkanes) is 1. The van der Waals surface area contributed by atoms with Gasteiger partial charge in [0.2, 0.25) is 0 Å². The second-order valence-corrected chi connectivity index (χ2v) is 5.57. The molecule has 1 amide bonds. The van der Waals surface area contributed by atoms with Crippen molar-refractivity contribution in [2.75, 3.05) is 18.8 Å². The maximum atomic E-state index is 12.0. The van der Waals surface area contributed by atoms with Crippen molar-refractivity contribution >= 4 is 29.3 Å². The van der Waals surface area contributed by atoms with Gasteiger partial charge in [-0.15, -0.1) is 11.8 Å². The number of rotatable bonds is 7. The Labute approximate surface area is 117 Å². The number of amides is 1. The fourth-order valence-corrected chi connectivity index (χ4v) is 2.48. The maximum absolute atomic E-state index is 12.0. The molecule has 0 aliphatic heterocycles. The molecule has 0 aromatic heterocycles. The summed E-state index contributed by atoms with van der Waals surface area (Å²) in [7, 11) is 0. The van der Waals surface area contributed by atoms with E-state index in [0.717, 1.165) is 23.5 Å². The summed E-state index contributed by atoms with van der Waals surface area (Å²) < 4.78 is 0. The molecule has 18 heavy (non-hydrogen) atoms. The van der Waals surface area contributed by atoms with E-state index in [-0.39, 0.29) is 5.91 Å². The first-order chi connectivity index (χ1) is 8.69. The van der Waals surface area contributed by atoms with Gasteiger partial charge in [0.1, 0.15) is 0 Å². The molecular formula is C13H19ClN2OS. The number of nitrogens with one attached hydrogen (secondary N) is 1. The van der Waals surface area contributed by atoms with Gasteiger partial charge in [-0.1, -0.05) is 18.5 Å². The number of carbonyl (C=O) groups is 1. The zero-order valence-corrected chi connectivity index (χ0v) is 12.1. The minimum Gasteiger partial charge on any atom is -0.352 e.